The van der Waals surface area contributed by atoms with E-state index in [9.17, 15) is 4.79 Å². The van der Waals surface area contributed by atoms with Crippen LogP contribution in [-0.2, 0) is 11.2 Å². The molecule has 1 N–H and O–H groups in total. The topological polar surface area (TPSA) is 42.0 Å². The highest BCUT2D eigenvalue weighted by atomic mass is 32.1. The maximum atomic E-state index is 11.4. The van der Waals surface area contributed by atoms with Crippen LogP contribution >= 0.6 is 11.3 Å². The first kappa shape index (κ1) is 14.2. The van der Waals surface area contributed by atoms with E-state index < -0.39 is 0 Å². The van der Waals surface area contributed by atoms with Crippen molar-refractivity contribution < 1.29 is 4.79 Å². The van der Waals surface area contributed by atoms with Crippen LogP contribution in [0.15, 0.2) is 47.8 Å². The minimum absolute atomic E-state index is 0.0978. The zero-order chi connectivity index (χ0) is 15.8. The molecule has 4 rings (SSSR count). The Morgan fingerprint density at radius 3 is 2.87 bits per heavy atom. The van der Waals surface area contributed by atoms with Crippen molar-refractivity contribution in [2.24, 2.45) is 0 Å². The lowest BCUT2D eigenvalue weighted by molar-refractivity contribution is -0.116. The van der Waals surface area contributed by atoms with Crippen LogP contribution in [0.25, 0.3) is 21.8 Å². The first-order valence-corrected chi connectivity index (χ1v) is 8.53. The van der Waals surface area contributed by atoms with Crippen LogP contribution in [0.1, 0.15) is 17.5 Å². The summed E-state index contributed by atoms with van der Waals surface area (Å²) in [6.45, 7) is 2.09. The summed E-state index contributed by atoms with van der Waals surface area (Å²) in [5, 5.41) is 6.05. The Bertz CT molecular complexity index is 898. The van der Waals surface area contributed by atoms with Crippen LogP contribution < -0.4 is 5.32 Å². The number of nitrogens with zero attached hydrogens (tertiary/aromatic N) is 1. The van der Waals surface area contributed by atoms with Crippen LogP contribution in [0.2, 0.25) is 0 Å². The monoisotopic (exact) mass is 320 g/mol. The number of anilines is 1. The van der Waals surface area contributed by atoms with Gasteiger partial charge in [0.25, 0.3) is 0 Å². The number of carbonyl (C=O) groups excluding carboxylic acids is 1. The summed E-state index contributed by atoms with van der Waals surface area (Å²) in [6, 6.07) is 14.6. The zero-order valence-corrected chi connectivity index (χ0v) is 13.6. The van der Waals surface area contributed by atoms with E-state index in [1.807, 2.05) is 12.1 Å². The summed E-state index contributed by atoms with van der Waals surface area (Å²) in [5.74, 6) is 0.0978. The predicted molar refractivity (Wildman–Crippen MR) is 94.7 cm³/mol. The van der Waals surface area contributed by atoms with Gasteiger partial charge in [-0.15, -0.1) is 11.3 Å². The van der Waals surface area contributed by atoms with Gasteiger partial charge in [-0.25, -0.2) is 4.98 Å². The Morgan fingerprint density at radius 1 is 1.09 bits per heavy atom. The highest BCUT2D eigenvalue weighted by Gasteiger charge is 2.16. The second-order valence-electron chi connectivity index (χ2n) is 5.83. The van der Waals surface area contributed by atoms with Crippen molar-refractivity contribution in [3.05, 3.63) is 59.0 Å². The van der Waals surface area contributed by atoms with E-state index in [4.69, 9.17) is 4.98 Å². The lowest BCUT2D eigenvalue weighted by Crippen LogP contribution is -2.18. The molecule has 2 heterocycles. The second-order valence-corrected chi connectivity index (χ2v) is 6.69. The van der Waals surface area contributed by atoms with E-state index in [1.165, 1.54) is 11.1 Å². The quantitative estimate of drug-likeness (QED) is 0.745. The van der Waals surface area contributed by atoms with Gasteiger partial charge in [0.2, 0.25) is 5.91 Å². The number of rotatable bonds is 2. The molecule has 1 aliphatic rings. The molecule has 0 saturated heterocycles. The number of amides is 1. The van der Waals surface area contributed by atoms with Gasteiger partial charge in [-0.05, 0) is 37.1 Å². The molecule has 0 unspecified atom stereocenters. The summed E-state index contributed by atoms with van der Waals surface area (Å²) < 4.78 is 0. The van der Waals surface area contributed by atoms with E-state index >= 15 is 0 Å². The molecular formula is C19H16N2OS. The minimum Gasteiger partial charge on any atom is -0.326 e. The minimum atomic E-state index is 0.0978. The number of hydrogen-bond donors (Lipinski definition) is 1. The number of carbonyl (C=O) groups is 1. The van der Waals surface area contributed by atoms with Gasteiger partial charge in [-0.3, -0.25) is 4.79 Å². The van der Waals surface area contributed by atoms with Gasteiger partial charge in [0, 0.05) is 28.6 Å². The average molecular weight is 320 g/mol. The second kappa shape index (κ2) is 5.63. The van der Waals surface area contributed by atoms with Crippen molar-refractivity contribution >= 4 is 22.9 Å². The molecule has 0 fully saturated rings. The molecule has 0 atom stereocenters. The van der Waals surface area contributed by atoms with Gasteiger partial charge < -0.3 is 5.32 Å². The highest BCUT2D eigenvalue weighted by Crippen LogP contribution is 2.32. The third-order valence-electron chi connectivity index (χ3n) is 4.07. The average Bonchev–Trinajstić information content (AvgIpc) is 3.04. The molecule has 1 amide bonds. The van der Waals surface area contributed by atoms with Gasteiger partial charge >= 0.3 is 0 Å². The fourth-order valence-corrected chi connectivity index (χ4v) is 3.69. The first-order chi connectivity index (χ1) is 11.2. The molecule has 0 saturated carbocycles. The van der Waals surface area contributed by atoms with Crippen molar-refractivity contribution in [2.75, 3.05) is 5.32 Å². The van der Waals surface area contributed by atoms with Crippen molar-refractivity contribution in [3.63, 3.8) is 0 Å². The molecule has 1 aliphatic heterocycles. The number of thiazole rings is 1. The summed E-state index contributed by atoms with van der Waals surface area (Å²) in [6.07, 6.45) is 1.35. The number of fused-ring (bicyclic) bond motifs is 1. The SMILES string of the molecule is Cc1cccc(-c2nc(-c3ccc4c(c3)CCC(=O)N4)cs2)c1. The molecular weight excluding hydrogens is 304 g/mol. The smallest absolute Gasteiger partial charge is 0.224 e. The lowest BCUT2D eigenvalue weighted by Gasteiger charge is -2.17. The van der Waals surface area contributed by atoms with Gasteiger partial charge in [0.05, 0.1) is 5.69 Å². The molecule has 0 aliphatic carbocycles. The molecule has 0 radical (unpaired) electrons. The molecule has 3 nitrogen and oxygen atoms in total. The van der Waals surface area contributed by atoms with E-state index in [2.05, 4.69) is 48.0 Å². The molecule has 1 aromatic heterocycles. The van der Waals surface area contributed by atoms with Gasteiger partial charge in [0.1, 0.15) is 5.01 Å². The van der Waals surface area contributed by atoms with Crippen LogP contribution in [0, 0.1) is 6.92 Å². The number of aromatic nitrogens is 1. The maximum absolute atomic E-state index is 11.4. The van der Waals surface area contributed by atoms with Gasteiger partial charge in [0.15, 0.2) is 0 Å². The van der Waals surface area contributed by atoms with E-state index in [-0.39, 0.29) is 5.91 Å². The fourth-order valence-electron chi connectivity index (χ4n) is 2.86. The molecule has 114 valence electrons. The largest absolute Gasteiger partial charge is 0.326 e. The fraction of sp³-hybridized carbons (Fsp3) is 0.158. The molecule has 2 aromatic carbocycles. The van der Waals surface area contributed by atoms with E-state index in [0.717, 1.165) is 33.9 Å². The van der Waals surface area contributed by atoms with Crippen molar-refractivity contribution in [2.45, 2.75) is 19.8 Å². The third kappa shape index (κ3) is 2.78. The normalized spacial score (nSPS) is 13.5. The molecule has 3 aromatic rings. The Morgan fingerprint density at radius 2 is 2.00 bits per heavy atom. The standard InChI is InChI=1S/C19H16N2OS/c1-12-3-2-4-15(9-12)19-21-17(11-23-19)14-5-7-16-13(10-14)6-8-18(22)20-16/h2-5,7,9-11H,6,8H2,1H3,(H,20,22). The summed E-state index contributed by atoms with van der Waals surface area (Å²) in [7, 11) is 0. The van der Waals surface area contributed by atoms with E-state index in [1.54, 1.807) is 11.3 Å². The third-order valence-corrected chi connectivity index (χ3v) is 4.96. The molecule has 4 heteroatoms. The first-order valence-electron chi connectivity index (χ1n) is 7.65. The van der Waals surface area contributed by atoms with Gasteiger partial charge in [-0.1, -0.05) is 29.8 Å². The Kier molecular flexibility index (Phi) is 3.46. The Balaban J connectivity index is 1.68. The lowest BCUT2D eigenvalue weighted by atomic mass is 9.99. The number of nitrogens with one attached hydrogen (secondary N) is 1. The summed E-state index contributed by atoms with van der Waals surface area (Å²) in [5.41, 5.74) is 6.61. The molecule has 0 bridgehead atoms. The van der Waals surface area contributed by atoms with Crippen molar-refractivity contribution in [3.8, 4) is 21.8 Å². The van der Waals surface area contributed by atoms with Crippen molar-refractivity contribution in [1.29, 1.82) is 0 Å². The summed E-state index contributed by atoms with van der Waals surface area (Å²) >= 11 is 1.66. The number of aryl methyl sites for hydroxylation is 2. The van der Waals surface area contributed by atoms with Crippen LogP contribution in [-0.4, -0.2) is 10.9 Å². The van der Waals surface area contributed by atoms with Crippen LogP contribution in [0.5, 0.6) is 0 Å². The predicted octanol–water partition coefficient (Wildman–Crippen LogP) is 4.67. The number of benzene rings is 2. The van der Waals surface area contributed by atoms with Gasteiger partial charge in [-0.2, -0.15) is 0 Å². The highest BCUT2D eigenvalue weighted by molar-refractivity contribution is 7.13. The molecule has 0 spiro atoms. The van der Waals surface area contributed by atoms with E-state index in [0.29, 0.717) is 6.42 Å². The molecule has 23 heavy (non-hydrogen) atoms. The zero-order valence-electron chi connectivity index (χ0n) is 12.8. The van der Waals surface area contributed by atoms with Crippen molar-refractivity contribution in [1.82, 2.24) is 4.98 Å². The Hall–Kier alpha value is -2.46. The maximum Gasteiger partial charge on any atom is 0.224 e. The Labute approximate surface area is 139 Å². The summed E-state index contributed by atoms with van der Waals surface area (Å²) in [4.78, 5) is 16.2. The number of hydrogen-bond acceptors (Lipinski definition) is 3. The van der Waals surface area contributed by atoms with Crippen LogP contribution in [0.3, 0.4) is 0 Å². The van der Waals surface area contributed by atoms with Crippen LogP contribution in [0.4, 0.5) is 5.69 Å².